The molecule has 2 aromatic carbocycles. The molecular weight excluding hydrogens is 389 g/mol. The molecule has 1 aliphatic heterocycles. The summed E-state index contributed by atoms with van der Waals surface area (Å²) in [5, 5.41) is 0.266. The number of nitrogens with zero attached hydrogens (tertiary/aromatic N) is 1. The van der Waals surface area contributed by atoms with E-state index in [1.165, 1.54) is 6.42 Å². The number of hydrogen-bond acceptors (Lipinski definition) is 2. The zero-order valence-corrected chi connectivity index (χ0v) is 16.6. The van der Waals surface area contributed by atoms with E-state index in [0.717, 1.165) is 31.2 Å². The van der Waals surface area contributed by atoms with Crippen molar-refractivity contribution in [2.75, 3.05) is 0 Å². The molecule has 2 aromatic rings. The van der Waals surface area contributed by atoms with E-state index in [1.807, 2.05) is 30.3 Å². The van der Waals surface area contributed by atoms with Crippen molar-refractivity contribution >= 4 is 33.2 Å². The third kappa shape index (κ3) is 3.07. The second-order valence-corrected chi connectivity index (χ2v) is 9.91. The molecule has 1 heterocycles. The Morgan fingerprint density at radius 3 is 2.27 bits per heavy atom. The van der Waals surface area contributed by atoms with Gasteiger partial charge in [-0.1, -0.05) is 78.9 Å². The first-order valence-electron chi connectivity index (χ1n) is 9.02. The van der Waals surface area contributed by atoms with Gasteiger partial charge in [-0.2, -0.15) is 4.31 Å². The summed E-state index contributed by atoms with van der Waals surface area (Å²) in [6.45, 7) is 0. The van der Waals surface area contributed by atoms with Gasteiger partial charge in [-0.3, -0.25) is 0 Å². The van der Waals surface area contributed by atoms with Gasteiger partial charge < -0.3 is 0 Å². The minimum Gasteiger partial charge on any atom is -0.211 e. The van der Waals surface area contributed by atoms with E-state index < -0.39 is 15.3 Å². The van der Waals surface area contributed by atoms with Crippen LogP contribution < -0.4 is 0 Å². The van der Waals surface area contributed by atoms with Gasteiger partial charge >= 0.3 is 0 Å². The van der Waals surface area contributed by atoms with E-state index in [2.05, 4.69) is 0 Å². The molecule has 0 bridgehead atoms. The van der Waals surface area contributed by atoms with E-state index in [4.69, 9.17) is 23.2 Å². The normalized spacial score (nSPS) is 26.4. The lowest BCUT2D eigenvalue weighted by Crippen LogP contribution is -2.57. The van der Waals surface area contributed by atoms with Gasteiger partial charge in [-0.15, -0.1) is 0 Å². The molecular formula is C20H21Cl2NO2S. The van der Waals surface area contributed by atoms with Crippen molar-refractivity contribution in [2.45, 2.75) is 49.4 Å². The number of sulfonamides is 1. The van der Waals surface area contributed by atoms with E-state index in [0.29, 0.717) is 15.6 Å². The molecule has 0 spiro atoms. The third-order valence-electron chi connectivity index (χ3n) is 5.52. The second-order valence-electron chi connectivity index (χ2n) is 7.11. The van der Waals surface area contributed by atoms with E-state index >= 15 is 0 Å². The summed E-state index contributed by atoms with van der Waals surface area (Å²) in [4.78, 5) is 0. The standard InChI is InChI=1S/C20H21Cl2NO2S/c21-15-11-12-17(18(22)13-15)20-19(14-7-3-1-4-8-14)23(26(20,24)25)16-9-5-2-6-10-16/h1,3-4,7-8,11-13,16,19-20H,2,5-6,9-10H2/t19-,20+/m1/s1. The van der Waals surface area contributed by atoms with Crippen LogP contribution in [0.15, 0.2) is 48.5 Å². The molecule has 3 nitrogen and oxygen atoms in total. The van der Waals surface area contributed by atoms with Crippen LogP contribution in [0.2, 0.25) is 10.0 Å². The number of rotatable bonds is 3. The average molecular weight is 410 g/mol. The Labute approximate surface area is 165 Å². The van der Waals surface area contributed by atoms with Crippen molar-refractivity contribution < 1.29 is 8.42 Å². The first-order chi connectivity index (χ1) is 12.5. The minimum absolute atomic E-state index is 0.0845. The van der Waals surface area contributed by atoms with Crippen LogP contribution in [0.5, 0.6) is 0 Å². The van der Waals surface area contributed by atoms with Crippen LogP contribution in [0.4, 0.5) is 0 Å². The molecule has 6 heteroatoms. The predicted molar refractivity (Wildman–Crippen MR) is 106 cm³/mol. The van der Waals surface area contributed by atoms with Crippen molar-refractivity contribution in [1.82, 2.24) is 4.31 Å². The van der Waals surface area contributed by atoms with Crippen molar-refractivity contribution in [2.24, 2.45) is 0 Å². The summed E-state index contributed by atoms with van der Waals surface area (Å²) in [5.41, 5.74) is 1.65. The third-order valence-corrected chi connectivity index (χ3v) is 8.35. The largest absolute Gasteiger partial charge is 0.224 e. The molecule has 1 saturated carbocycles. The molecule has 138 valence electrons. The highest BCUT2D eigenvalue weighted by Gasteiger charge is 2.57. The van der Waals surface area contributed by atoms with Gasteiger partial charge in [0.2, 0.25) is 10.0 Å². The maximum absolute atomic E-state index is 13.3. The Kier molecular flexibility index (Phi) is 5.04. The molecule has 0 radical (unpaired) electrons. The molecule has 26 heavy (non-hydrogen) atoms. The van der Waals surface area contributed by atoms with Gasteiger partial charge in [0, 0.05) is 16.1 Å². The molecule has 1 aliphatic carbocycles. The lowest BCUT2D eigenvalue weighted by molar-refractivity contribution is 0.156. The quantitative estimate of drug-likeness (QED) is 0.646. The zero-order valence-electron chi connectivity index (χ0n) is 14.3. The summed E-state index contributed by atoms with van der Waals surface area (Å²) in [6.07, 6.45) is 5.23. The number of benzene rings is 2. The van der Waals surface area contributed by atoms with Gasteiger partial charge in [0.15, 0.2) is 0 Å². The van der Waals surface area contributed by atoms with Crippen molar-refractivity contribution in [3.05, 3.63) is 69.7 Å². The van der Waals surface area contributed by atoms with Crippen molar-refractivity contribution in [3.63, 3.8) is 0 Å². The van der Waals surface area contributed by atoms with Crippen LogP contribution in [0.1, 0.15) is 54.5 Å². The highest BCUT2D eigenvalue weighted by Crippen LogP contribution is 2.56. The molecule has 2 fully saturated rings. The first-order valence-corrected chi connectivity index (χ1v) is 11.3. The Balaban J connectivity index is 1.79. The fourth-order valence-corrected chi connectivity index (χ4v) is 7.31. The maximum atomic E-state index is 13.3. The molecule has 0 amide bonds. The summed E-state index contributed by atoms with van der Waals surface area (Å²) < 4.78 is 28.4. The summed E-state index contributed by atoms with van der Waals surface area (Å²) in [6, 6.07) is 14.8. The van der Waals surface area contributed by atoms with Gasteiger partial charge in [-0.05, 0) is 36.1 Å². The lowest BCUT2D eigenvalue weighted by Gasteiger charge is -2.51. The summed E-state index contributed by atoms with van der Waals surface area (Å²) in [5.74, 6) is 0. The minimum atomic E-state index is -3.44. The predicted octanol–water partition coefficient (Wildman–Crippen LogP) is 5.75. The summed E-state index contributed by atoms with van der Waals surface area (Å²) >= 11 is 12.4. The topological polar surface area (TPSA) is 37.4 Å². The van der Waals surface area contributed by atoms with Crippen LogP contribution >= 0.6 is 23.2 Å². The van der Waals surface area contributed by atoms with Crippen LogP contribution in [0, 0.1) is 0 Å². The van der Waals surface area contributed by atoms with Gasteiger partial charge in [0.1, 0.15) is 5.25 Å². The average Bonchev–Trinajstić information content (AvgIpc) is 2.63. The van der Waals surface area contributed by atoms with Gasteiger partial charge in [0.25, 0.3) is 0 Å². The Morgan fingerprint density at radius 2 is 1.62 bits per heavy atom. The molecule has 2 atom stereocenters. The molecule has 0 N–H and O–H groups in total. The highest BCUT2D eigenvalue weighted by molar-refractivity contribution is 7.90. The zero-order chi connectivity index (χ0) is 18.3. The second kappa shape index (κ2) is 7.16. The lowest BCUT2D eigenvalue weighted by atomic mass is 9.91. The number of halogens is 2. The van der Waals surface area contributed by atoms with Crippen molar-refractivity contribution in [3.8, 4) is 0 Å². The number of hydrogen-bond donors (Lipinski definition) is 0. The van der Waals surface area contributed by atoms with Crippen LogP contribution in [-0.4, -0.2) is 18.8 Å². The monoisotopic (exact) mass is 409 g/mol. The molecule has 1 saturated heterocycles. The molecule has 4 rings (SSSR count). The molecule has 2 aliphatic rings. The highest BCUT2D eigenvalue weighted by atomic mass is 35.5. The van der Waals surface area contributed by atoms with Crippen molar-refractivity contribution in [1.29, 1.82) is 0 Å². The van der Waals surface area contributed by atoms with E-state index in [1.54, 1.807) is 22.5 Å². The van der Waals surface area contributed by atoms with Crippen LogP contribution in [-0.2, 0) is 10.0 Å². The van der Waals surface area contributed by atoms with Gasteiger partial charge in [-0.25, -0.2) is 8.42 Å². The van der Waals surface area contributed by atoms with E-state index in [9.17, 15) is 8.42 Å². The van der Waals surface area contributed by atoms with Gasteiger partial charge in [0.05, 0.1) is 6.04 Å². The van der Waals surface area contributed by atoms with Crippen LogP contribution in [0.3, 0.4) is 0 Å². The maximum Gasteiger partial charge on any atom is 0.224 e. The van der Waals surface area contributed by atoms with Crippen LogP contribution in [0.25, 0.3) is 0 Å². The Morgan fingerprint density at radius 1 is 0.923 bits per heavy atom. The smallest absolute Gasteiger partial charge is 0.211 e. The first kappa shape index (κ1) is 18.3. The fraction of sp³-hybridized carbons (Fsp3) is 0.400. The fourth-order valence-electron chi connectivity index (χ4n) is 4.33. The Bertz CT molecular complexity index is 895. The summed E-state index contributed by atoms with van der Waals surface area (Å²) in [7, 11) is -3.44. The SMILES string of the molecule is O=S1(=O)[C@@H](c2ccc(Cl)cc2Cl)[C@@H](c2ccccc2)N1C1CCCCC1. The molecule has 0 aromatic heterocycles. The molecule has 0 unspecified atom stereocenters. The van der Waals surface area contributed by atoms with E-state index in [-0.39, 0.29) is 12.1 Å². The Hall–Kier alpha value is -1.07.